The van der Waals surface area contributed by atoms with E-state index in [0.717, 1.165) is 17.5 Å². The summed E-state index contributed by atoms with van der Waals surface area (Å²) >= 11 is 0. The van der Waals surface area contributed by atoms with Crippen LogP contribution in [-0.4, -0.2) is 19.0 Å². The highest BCUT2D eigenvalue weighted by Crippen LogP contribution is 2.18. The van der Waals surface area contributed by atoms with Crippen molar-refractivity contribution in [1.29, 1.82) is 0 Å². The number of hydrogen-bond acceptors (Lipinski definition) is 2. The van der Waals surface area contributed by atoms with Gasteiger partial charge in [-0.2, -0.15) is 0 Å². The van der Waals surface area contributed by atoms with Crippen molar-refractivity contribution in [3.05, 3.63) is 34.9 Å². The van der Waals surface area contributed by atoms with E-state index in [0.29, 0.717) is 18.7 Å². The van der Waals surface area contributed by atoms with E-state index in [9.17, 15) is 4.79 Å². The summed E-state index contributed by atoms with van der Waals surface area (Å²) in [6.45, 7) is 9.35. The van der Waals surface area contributed by atoms with Gasteiger partial charge in [0.05, 0.1) is 6.54 Å². The number of carbonyl (C=O) groups excluding carboxylic acids is 1. The lowest BCUT2D eigenvalue weighted by molar-refractivity contribution is 0.0935. The average molecular weight is 272 g/mol. The Kier molecular flexibility index (Phi) is 5.79. The van der Waals surface area contributed by atoms with E-state index >= 15 is 0 Å². The number of rotatable bonds is 4. The summed E-state index contributed by atoms with van der Waals surface area (Å²) in [7, 11) is 0. The SMILES string of the molecule is CCC(C)(C)CNC(=O)c1cc(C)cc(C#CCN)c1. The second kappa shape index (κ2) is 7.12. The van der Waals surface area contributed by atoms with Crippen LogP contribution in [0.3, 0.4) is 0 Å². The minimum absolute atomic E-state index is 0.0500. The van der Waals surface area contributed by atoms with Crippen LogP contribution < -0.4 is 11.1 Å². The second-order valence-corrected chi connectivity index (χ2v) is 5.79. The van der Waals surface area contributed by atoms with Gasteiger partial charge in [-0.05, 0) is 42.5 Å². The molecule has 0 spiro atoms. The van der Waals surface area contributed by atoms with Crippen molar-refractivity contribution >= 4 is 5.91 Å². The Morgan fingerprint density at radius 3 is 2.65 bits per heavy atom. The highest BCUT2D eigenvalue weighted by molar-refractivity contribution is 5.94. The van der Waals surface area contributed by atoms with E-state index in [1.165, 1.54) is 0 Å². The van der Waals surface area contributed by atoms with E-state index in [1.807, 2.05) is 25.1 Å². The zero-order chi connectivity index (χ0) is 15.2. The Labute approximate surface area is 121 Å². The monoisotopic (exact) mass is 272 g/mol. The Balaban J connectivity index is 2.85. The molecule has 1 amide bonds. The molecule has 0 aliphatic heterocycles. The lowest BCUT2D eigenvalue weighted by atomic mass is 9.90. The highest BCUT2D eigenvalue weighted by Gasteiger charge is 2.17. The minimum Gasteiger partial charge on any atom is -0.352 e. The van der Waals surface area contributed by atoms with Gasteiger partial charge in [-0.25, -0.2) is 0 Å². The first-order valence-corrected chi connectivity index (χ1v) is 6.97. The minimum atomic E-state index is -0.0500. The van der Waals surface area contributed by atoms with Crippen molar-refractivity contribution in [1.82, 2.24) is 5.32 Å². The molecule has 0 atom stereocenters. The smallest absolute Gasteiger partial charge is 0.251 e. The lowest BCUT2D eigenvalue weighted by Crippen LogP contribution is -2.33. The van der Waals surface area contributed by atoms with Crippen LogP contribution in [0.15, 0.2) is 18.2 Å². The Hall–Kier alpha value is -1.79. The zero-order valence-electron chi connectivity index (χ0n) is 12.8. The van der Waals surface area contributed by atoms with Gasteiger partial charge in [-0.1, -0.05) is 32.6 Å². The van der Waals surface area contributed by atoms with Crippen LogP contribution in [0.4, 0.5) is 0 Å². The fourth-order valence-corrected chi connectivity index (χ4v) is 1.69. The quantitative estimate of drug-likeness (QED) is 0.827. The van der Waals surface area contributed by atoms with Gasteiger partial charge in [0.1, 0.15) is 0 Å². The Morgan fingerprint density at radius 1 is 1.35 bits per heavy atom. The van der Waals surface area contributed by atoms with E-state index in [-0.39, 0.29) is 11.3 Å². The van der Waals surface area contributed by atoms with Gasteiger partial charge in [-0.15, -0.1) is 0 Å². The summed E-state index contributed by atoms with van der Waals surface area (Å²) in [5.41, 5.74) is 7.99. The summed E-state index contributed by atoms with van der Waals surface area (Å²) in [5.74, 6) is 5.73. The molecular weight excluding hydrogens is 248 g/mol. The summed E-state index contributed by atoms with van der Waals surface area (Å²) in [5, 5.41) is 2.99. The molecule has 0 saturated heterocycles. The van der Waals surface area contributed by atoms with Crippen LogP contribution in [0.2, 0.25) is 0 Å². The van der Waals surface area contributed by atoms with E-state index < -0.39 is 0 Å². The van der Waals surface area contributed by atoms with Crippen LogP contribution >= 0.6 is 0 Å². The highest BCUT2D eigenvalue weighted by atomic mass is 16.1. The molecule has 0 radical (unpaired) electrons. The molecule has 3 nitrogen and oxygen atoms in total. The molecule has 1 aromatic rings. The number of benzene rings is 1. The number of nitrogens with two attached hydrogens (primary N) is 1. The Morgan fingerprint density at radius 2 is 2.05 bits per heavy atom. The summed E-state index contributed by atoms with van der Waals surface area (Å²) < 4.78 is 0. The maximum atomic E-state index is 12.2. The lowest BCUT2D eigenvalue weighted by Gasteiger charge is -2.22. The molecule has 20 heavy (non-hydrogen) atoms. The van der Waals surface area contributed by atoms with E-state index in [4.69, 9.17) is 5.73 Å². The number of nitrogens with one attached hydrogen (secondary N) is 1. The average Bonchev–Trinajstić information content (AvgIpc) is 2.42. The molecule has 0 heterocycles. The molecule has 0 bridgehead atoms. The van der Waals surface area contributed by atoms with Crippen LogP contribution in [0, 0.1) is 24.2 Å². The summed E-state index contributed by atoms with van der Waals surface area (Å²) in [4.78, 5) is 12.2. The topological polar surface area (TPSA) is 55.1 Å². The van der Waals surface area contributed by atoms with Gasteiger partial charge < -0.3 is 11.1 Å². The van der Waals surface area contributed by atoms with Crippen molar-refractivity contribution in [2.24, 2.45) is 11.1 Å². The van der Waals surface area contributed by atoms with Crippen molar-refractivity contribution in [3.8, 4) is 11.8 Å². The van der Waals surface area contributed by atoms with Crippen LogP contribution in [-0.2, 0) is 0 Å². The maximum Gasteiger partial charge on any atom is 0.251 e. The van der Waals surface area contributed by atoms with Gasteiger partial charge in [0.25, 0.3) is 5.91 Å². The summed E-state index contributed by atoms with van der Waals surface area (Å²) in [6, 6.07) is 5.64. The molecule has 1 aromatic carbocycles. The molecule has 0 aliphatic rings. The molecule has 0 aliphatic carbocycles. The molecule has 0 fully saturated rings. The fourth-order valence-electron chi connectivity index (χ4n) is 1.69. The Bertz CT molecular complexity index is 536. The molecule has 0 saturated carbocycles. The van der Waals surface area contributed by atoms with Crippen molar-refractivity contribution in [3.63, 3.8) is 0 Å². The molecular formula is C17H24N2O. The first kappa shape index (κ1) is 16.3. The zero-order valence-corrected chi connectivity index (χ0v) is 12.8. The number of aryl methyl sites for hydroxylation is 1. The van der Waals surface area contributed by atoms with Gasteiger partial charge in [0.2, 0.25) is 0 Å². The maximum absolute atomic E-state index is 12.2. The van der Waals surface area contributed by atoms with Crippen LogP contribution in [0.5, 0.6) is 0 Å². The van der Waals surface area contributed by atoms with E-state index in [2.05, 4.69) is 37.9 Å². The summed E-state index contributed by atoms with van der Waals surface area (Å²) in [6.07, 6.45) is 1.02. The molecule has 108 valence electrons. The van der Waals surface area contributed by atoms with Crippen molar-refractivity contribution in [2.45, 2.75) is 34.1 Å². The third-order valence-corrected chi connectivity index (χ3v) is 3.36. The van der Waals surface area contributed by atoms with Crippen molar-refractivity contribution in [2.75, 3.05) is 13.1 Å². The van der Waals surface area contributed by atoms with E-state index in [1.54, 1.807) is 0 Å². The first-order chi connectivity index (χ1) is 9.38. The predicted octanol–water partition coefficient (Wildman–Crippen LogP) is 2.47. The van der Waals surface area contributed by atoms with Gasteiger partial charge in [-0.3, -0.25) is 4.79 Å². The molecule has 0 unspecified atom stereocenters. The van der Waals surface area contributed by atoms with Gasteiger partial charge in [0.15, 0.2) is 0 Å². The van der Waals surface area contributed by atoms with Crippen molar-refractivity contribution < 1.29 is 4.79 Å². The van der Waals surface area contributed by atoms with Gasteiger partial charge >= 0.3 is 0 Å². The second-order valence-electron chi connectivity index (χ2n) is 5.79. The van der Waals surface area contributed by atoms with Crippen LogP contribution in [0.25, 0.3) is 0 Å². The third kappa shape index (κ3) is 5.07. The predicted molar refractivity (Wildman–Crippen MR) is 83.5 cm³/mol. The molecule has 3 heteroatoms. The van der Waals surface area contributed by atoms with Gasteiger partial charge in [0, 0.05) is 17.7 Å². The number of carbonyl (C=O) groups is 1. The largest absolute Gasteiger partial charge is 0.352 e. The van der Waals surface area contributed by atoms with Crippen LogP contribution in [0.1, 0.15) is 48.7 Å². The normalized spacial score (nSPS) is 10.7. The fraction of sp³-hybridized carbons (Fsp3) is 0.471. The molecule has 3 N–H and O–H groups in total. The molecule has 1 rings (SSSR count). The first-order valence-electron chi connectivity index (χ1n) is 6.97. The number of amides is 1. The standard InChI is InChI=1S/C17H24N2O/c1-5-17(3,4)12-19-16(20)15-10-13(2)9-14(11-15)7-6-8-18/h9-11H,5,8,12,18H2,1-4H3,(H,19,20). The third-order valence-electron chi connectivity index (χ3n) is 3.36. The number of hydrogen-bond donors (Lipinski definition) is 2. The molecule has 0 aromatic heterocycles.